The van der Waals surface area contributed by atoms with Gasteiger partial charge in [-0.2, -0.15) is 0 Å². The van der Waals surface area contributed by atoms with E-state index in [1.807, 2.05) is 0 Å². The summed E-state index contributed by atoms with van der Waals surface area (Å²) in [6, 6.07) is 9.35. The van der Waals surface area contributed by atoms with Gasteiger partial charge in [-0.15, -0.1) is 0 Å². The summed E-state index contributed by atoms with van der Waals surface area (Å²) in [5.41, 5.74) is 11.1. The van der Waals surface area contributed by atoms with Crippen molar-refractivity contribution < 1.29 is 10.2 Å². The minimum absolute atomic E-state index is 0.299. The van der Waals surface area contributed by atoms with E-state index in [0.717, 1.165) is 51.4 Å². The molecule has 2 N–H and O–H groups in total. The maximum atomic E-state index is 8.96. The predicted octanol–water partition coefficient (Wildman–Crippen LogP) is 6.00. The van der Waals surface area contributed by atoms with Crippen molar-refractivity contribution in [3.8, 4) is 11.1 Å². The molecule has 2 nitrogen and oxygen atoms in total. The van der Waals surface area contributed by atoms with Crippen LogP contribution in [0.2, 0.25) is 0 Å². The fourth-order valence-corrected chi connectivity index (χ4v) is 4.29. The molecule has 2 aromatic rings. The van der Waals surface area contributed by atoms with Gasteiger partial charge in [0.2, 0.25) is 0 Å². The van der Waals surface area contributed by atoms with E-state index in [4.69, 9.17) is 10.2 Å². The zero-order valence-corrected chi connectivity index (χ0v) is 18.3. The lowest BCUT2D eigenvalue weighted by Gasteiger charge is -2.16. The second kappa shape index (κ2) is 11.4. The highest BCUT2D eigenvalue weighted by molar-refractivity contribution is 5.68. The van der Waals surface area contributed by atoms with Crippen molar-refractivity contribution in [1.29, 1.82) is 0 Å². The Morgan fingerprint density at radius 3 is 1.11 bits per heavy atom. The Hall–Kier alpha value is -1.64. The first kappa shape index (κ1) is 22.6. The summed E-state index contributed by atoms with van der Waals surface area (Å²) in [6.45, 7) is 9.51. The third-order valence-electron chi connectivity index (χ3n) is 5.90. The van der Waals surface area contributed by atoms with E-state index < -0.39 is 0 Å². The number of hydrogen-bond acceptors (Lipinski definition) is 2. The summed E-state index contributed by atoms with van der Waals surface area (Å²) < 4.78 is 0. The van der Waals surface area contributed by atoms with Crippen molar-refractivity contribution in [2.45, 2.75) is 79.1 Å². The Labute approximate surface area is 171 Å². The average molecular weight is 383 g/mol. The number of benzene rings is 2. The van der Waals surface area contributed by atoms with Crippen molar-refractivity contribution >= 4 is 0 Å². The Morgan fingerprint density at radius 2 is 0.821 bits per heavy atom. The molecule has 0 spiro atoms. The van der Waals surface area contributed by atoms with Gasteiger partial charge in [-0.3, -0.25) is 0 Å². The normalized spacial score (nSPS) is 11.2. The third-order valence-corrected chi connectivity index (χ3v) is 5.90. The van der Waals surface area contributed by atoms with Crippen molar-refractivity contribution in [1.82, 2.24) is 0 Å². The molecule has 2 aromatic carbocycles. The van der Waals surface area contributed by atoms with Crippen LogP contribution in [0.25, 0.3) is 11.1 Å². The average Bonchev–Trinajstić information content (AvgIpc) is 2.65. The van der Waals surface area contributed by atoms with Gasteiger partial charge in [0.25, 0.3) is 0 Å². The monoisotopic (exact) mass is 382 g/mol. The first-order chi connectivity index (χ1) is 13.5. The summed E-state index contributed by atoms with van der Waals surface area (Å²) in [7, 11) is 0. The topological polar surface area (TPSA) is 40.5 Å². The molecule has 0 heterocycles. The number of unbranched alkanes of at least 4 members (excludes halogenated alkanes) is 4. The fourth-order valence-electron chi connectivity index (χ4n) is 4.29. The van der Waals surface area contributed by atoms with Crippen molar-refractivity contribution in [2.75, 3.05) is 13.2 Å². The van der Waals surface area contributed by atoms with Crippen LogP contribution in [0.5, 0.6) is 0 Å². The van der Waals surface area contributed by atoms with E-state index in [9.17, 15) is 0 Å². The number of rotatable bonds is 11. The van der Waals surface area contributed by atoms with Crippen LogP contribution in [0.1, 0.15) is 71.9 Å². The molecule has 0 atom stereocenters. The predicted molar refractivity (Wildman–Crippen MR) is 120 cm³/mol. The van der Waals surface area contributed by atoms with Crippen LogP contribution >= 0.6 is 0 Å². The van der Waals surface area contributed by atoms with Crippen molar-refractivity contribution in [2.24, 2.45) is 0 Å². The SMILES string of the molecule is Cc1cc(-c2cc(C)c(CCCCCO)c(C)c2)cc(C)c1CCCCCO. The lowest BCUT2D eigenvalue weighted by Crippen LogP contribution is -1.99. The molecular formula is C26H38O2. The van der Waals surface area contributed by atoms with E-state index >= 15 is 0 Å². The van der Waals surface area contributed by atoms with Crippen molar-refractivity contribution in [3.05, 3.63) is 57.6 Å². The lowest BCUT2D eigenvalue weighted by atomic mass is 9.89. The molecule has 0 radical (unpaired) electrons. The molecule has 28 heavy (non-hydrogen) atoms. The van der Waals surface area contributed by atoms with Crippen LogP contribution < -0.4 is 0 Å². The van der Waals surface area contributed by atoms with Gasteiger partial charge in [-0.1, -0.05) is 37.1 Å². The zero-order valence-electron chi connectivity index (χ0n) is 18.3. The number of aryl methyl sites for hydroxylation is 4. The fraction of sp³-hybridized carbons (Fsp3) is 0.538. The molecule has 0 saturated heterocycles. The summed E-state index contributed by atoms with van der Waals surface area (Å²) in [4.78, 5) is 0. The minimum Gasteiger partial charge on any atom is -0.396 e. The van der Waals surface area contributed by atoms with Crippen LogP contribution in [0.4, 0.5) is 0 Å². The van der Waals surface area contributed by atoms with E-state index in [-0.39, 0.29) is 0 Å². The van der Waals surface area contributed by atoms with E-state index in [1.54, 1.807) is 0 Å². The second-order valence-electron chi connectivity index (χ2n) is 8.25. The number of hydrogen-bond donors (Lipinski definition) is 2. The minimum atomic E-state index is 0.299. The number of aliphatic hydroxyl groups excluding tert-OH is 2. The summed E-state index contributed by atoms with van der Waals surface area (Å²) in [5, 5.41) is 17.9. The van der Waals surface area contributed by atoms with Gasteiger partial charge in [0.1, 0.15) is 0 Å². The molecule has 0 aliphatic rings. The van der Waals surface area contributed by atoms with Crippen molar-refractivity contribution in [3.63, 3.8) is 0 Å². The Balaban J connectivity index is 2.18. The van der Waals surface area contributed by atoms with E-state index in [1.165, 1.54) is 44.5 Å². The molecule has 0 fully saturated rings. The summed E-state index contributed by atoms with van der Waals surface area (Å²) in [6.07, 6.45) is 8.48. The van der Waals surface area contributed by atoms with Gasteiger partial charge in [0.15, 0.2) is 0 Å². The van der Waals surface area contributed by atoms with Gasteiger partial charge in [-0.05, 0) is 111 Å². The highest BCUT2D eigenvalue weighted by Crippen LogP contribution is 2.30. The smallest absolute Gasteiger partial charge is 0.0431 e. The summed E-state index contributed by atoms with van der Waals surface area (Å²) >= 11 is 0. The van der Waals surface area contributed by atoms with Gasteiger partial charge in [0, 0.05) is 13.2 Å². The van der Waals surface area contributed by atoms with Crippen LogP contribution in [0.15, 0.2) is 24.3 Å². The maximum absolute atomic E-state index is 8.96. The lowest BCUT2D eigenvalue weighted by molar-refractivity contribution is 0.283. The van der Waals surface area contributed by atoms with Gasteiger partial charge in [0.05, 0.1) is 0 Å². The van der Waals surface area contributed by atoms with Gasteiger partial charge in [-0.25, -0.2) is 0 Å². The van der Waals surface area contributed by atoms with Crippen LogP contribution in [-0.4, -0.2) is 23.4 Å². The molecule has 0 saturated carbocycles. The molecular weight excluding hydrogens is 344 g/mol. The van der Waals surface area contributed by atoms with Crippen LogP contribution in [0, 0.1) is 27.7 Å². The van der Waals surface area contributed by atoms with E-state index in [0.29, 0.717) is 13.2 Å². The van der Waals surface area contributed by atoms with Crippen LogP contribution in [-0.2, 0) is 12.8 Å². The second-order valence-corrected chi connectivity index (χ2v) is 8.25. The largest absolute Gasteiger partial charge is 0.396 e. The Kier molecular flexibility index (Phi) is 9.21. The molecule has 2 heteroatoms. The number of aliphatic hydroxyl groups is 2. The Morgan fingerprint density at radius 1 is 0.500 bits per heavy atom. The maximum Gasteiger partial charge on any atom is 0.0431 e. The standard InChI is InChI=1S/C26H38O2/c1-19-15-23(16-20(2)25(19)11-7-5-9-13-27)24-17-21(3)26(22(4)18-24)12-8-6-10-14-28/h15-18,27-28H,5-14H2,1-4H3. The molecule has 0 aliphatic carbocycles. The zero-order chi connectivity index (χ0) is 20.5. The highest BCUT2D eigenvalue weighted by Gasteiger charge is 2.10. The highest BCUT2D eigenvalue weighted by atomic mass is 16.3. The quantitative estimate of drug-likeness (QED) is 0.468. The van der Waals surface area contributed by atoms with Crippen LogP contribution in [0.3, 0.4) is 0 Å². The molecule has 0 aromatic heterocycles. The van der Waals surface area contributed by atoms with Gasteiger partial charge < -0.3 is 10.2 Å². The Bertz CT molecular complexity index is 650. The molecule has 2 rings (SSSR count). The first-order valence-corrected chi connectivity index (χ1v) is 10.9. The van der Waals surface area contributed by atoms with Gasteiger partial charge >= 0.3 is 0 Å². The molecule has 0 bridgehead atoms. The van der Waals surface area contributed by atoms with E-state index in [2.05, 4.69) is 52.0 Å². The molecule has 0 unspecified atom stereocenters. The first-order valence-electron chi connectivity index (χ1n) is 10.9. The molecule has 0 amide bonds. The molecule has 154 valence electrons. The summed E-state index contributed by atoms with van der Waals surface area (Å²) in [5.74, 6) is 0. The third kappa shape index (κ3) is 6.18. The molecule has 0 aliphatic heterocycles.